The van der Waals surface area contributed by atoms with E-state index in [0.29, 0.717) is 21.8 Å². The van der Waals surface area contributed by atoms with Crippen molar-refractivity contribution in [3.8, 4) is 21.1 Å². The van der Waals surface area contributed by atoms with Gasteiger partial charge in [-0.1, -0.05) is 60.5 Å². The number of hydrogen-bond donors (Lipinski definition) is 2. The lowest BCUT2D eigenvalue weighted by molar-refractivity contribution is 0.867. The third kappa shape index (κ3) is 4.41. The van der Waals surface area contributed by atoms with Crippen molar-refractivity contribution in [2.45, 2.75) is 19.8 Å². The summed E-state index contributed by atoms with van der Waals surface area (Å²) in [6.07, 6.45) is 0. The maximum atomic E-state index is 6.31. The van der Waals surface area contributed by atoms with Gasteiger partial charge in [-0.2, -0.15) is 0 Å². The Morgan fingerprint density at radius 1 is 1.03 bits per heavy atom. The Kier molecular flexibility index (Phi) is 5.79. The highest BCUT2D eigenvalue weighted by molar-refractivity contribution is 7.23. The molecule has 0 saturated carbocycles. The lowest BCUT2D eigenvalue weighted by atomic mass is 10.0. The number of nitrogens with one attached hydrogen (secondary N) is 1. The Balaban J connectivity index is 1.57. The van der Waals surface area contributed by atoms with Gasteiger partial charge in [0.05, 0.1) is 10.7 Å². The molecule has 148 valence electrons. The van der Waals surface area contributed by atoms with Crippen LogP contribution in [0.2, 0.25) is 10.0 Å². The van der Waals surface area contributed by atoms with Crippen molar-refractivity contribution in [2.75, 3.05) is 11.1 Å². The van der Waals surface area contributed by atoms with Crippen molar-refractivity contribution < 1.29 is 0 Å². The molecule has 29 heavy (non-hydrogen) atoms. The van der Waals surface area contributed by atoms with Gasteiger partial charge in [-0.3, -0.25) is 0 Å². The van der Waals surface area contributed by atoms with Crippen LogP contribution in [-0.4, -0.2) is 9.97 Å². The number of hydrogen-bond acceptors (Lipinski definition) is 6. The summed E-state index contributed by atoms with van der Waals surface area (Å²) in [6.45, 7) is 4.35. The predicted octanol–water partition coefficient (Wildman–Crippen LogP) is 7.69. The standard InChI is InChI=1S/C21H18Cl2N4S2/c1-11(2)12-3-6-14(7-4-12)25-21-27-19(24)18(29-21)20-26-17(10-28-20)15-8-5-13(22)9-16(15)23/h3-11H,24H2,1-2H3,(H,25,27). The van der Waals surface area contributed by atoms with Gasteiger partial charge in [-0.25, -0.2) is 9.97 Å². The van der Waals surface area contributed by atoms with Crippen LogP contribution in [0.1, 0.15) is 25.3 Å². The summed E-state index contributed by atoms with van der Waals surface area (Å²) >= 11 is 15.3. The predicted molar refractivity (Wildman–Crippen MR) is 127 cm³/mol. The zero-order chi connectivity index (χ0) is 20.5. The molecule has 0 bridgehead atoms. The topological polar surface area (TPSA) is 63.8 Å². The average Bonchev–Trinajstić information content (AvgIpc) is 3.29. The number of nitrogens with zero attached hydrogens (tertiary/aromatic N) is 2. The van der Waals surface area contributed by atoms with E-state index in [0.717, 1.165) is 32.0 Å². The average molecular weight is 461 g/mol. The van der Waals surface area contributed by atoms with E-state index < -0.39 is 0 Å². The van der Waals surface area contributed by atoms with Crippen LogP contribution in [0.25, 0.3) is 21.1 Å². The summed E-state index contributed by atoms with van der Waals surface area (Å²) in [5.41, 5.74) is 10.1. The summed E-state index contributed by atoms with van der Waals surface area (Å²) in [5, 5.41) is 7.99. The fourth-order valence-corrected chi connectivity index (χ4v) is 5.14. The largest absolute Gasteiger partial charge is 0.382 e. The highest BCUT2D eigenvalue weighted by Gasteiger charge is 2.16. The first-order valence-corrected chi connectivity index (χ1v) is 11.4. The molecule has 0 aliphatic rings. The molecular formula is C21H18Cl2N4S2. The number of benzene rings is 2. The van der Waals surface area contributed by atoms with Gasteiger partial charge in [0.1, 0.15) is 15.7 Å². The van der Waals surface area contributed by atoms with Crippen molar-refractivity contribution in [3.63, 3.8) is 0 Å². The number of nitrogen functional groups attached to an aromatic ring is 1. The molecule has 0 saturated heterocycles. The Morgan fingerprint density at radius 2 is 1.79 bits per heavy atom. The molecule has 2 heterocycles. The highest BCUT2D eigenvalue weighted by Crippen LogP contribution is 2.40. The van der Waals surface area contributed by atoms with Crippen LogP contribution in [0.5, 0.6) is 0 Å². The molecular weight excluding hydrogens is 443 g/mol. The second-order valence-corrected chi connectivity index (χ2v) is 9.50. The lowest BCUT2D eigenvalue weighted by Gasteiger charge is -2.07. The number of nitrogens with two attached hydrogens (primary N) is 1. The van der Waals surface area contributed by atoms with Crippen LogP contribution in [0.3, 0.4) is 0 Å². The molecule has 0 atom stereocenters. The second-order valence-electron chi connectivity index (χ2n) is 6.80. The van der Waals surface area contributed by atoms with Gasteiger partial charge in [0.25, 0.3) is 0 Å². The Bertz CT molecular complexity index is 1150. The number of aromatic nitrogens is 2. The van der Waals surface area contributed by atoms with Gasteiger partial charge >= 0.3 is 0 Å². The molecule has 0 fully saturated rings. The first-order chi connectivity index (χ1) is 13.9. The first kappa shape index (κ1) is 20.2. The smallest absolute Gasteiger partial charge is 0.189 e. The number of rotatable bonds is 5. The molecule has 8 heteroatoms. The van der Waals surface area contributed by atoms with Gasteiger partial charge in [0.15, 0.2) is 5.13 Å². The van der Waals surface area contributed by atoms with Gasteiger partial charge in [-0.15, -0.1) is 11.3 Å². The summed E-state index contributed by atoms with van der Waals surface area (Å²) in [7, 11) is 0. The van der Waals surface area contributed by atoms with E-state index in [4.69, 9.17) is 33.9 Å². The molecule has 2 aromatic carbocycles. The fraction of sp³-hybridized carbons (Fsp3) is 0.143. The van der Waals surface area contributed by atoms with Crippen LogP contribution >= 0.6 is 45.9 Å². The number of thiazole rings is 2. The maximum Gasteiger partial charge on any atom is 0.189 e. The minimum absolute atomic E-state index is 0.458. The van der Waals surface area contributed by atoms with Gasteiger partial charge in [0, 0.05) is 21.7 Å². The van der Waals surface area contributed by atoms with E-state index in [1.165, 1.54) is 28.2 Å². The molecule has 3 N–H and O–H groups in total. The monoisotopic (exact) mass is 460 g/mol. The molecule has 0 spiro atoms. The van der Waals surface area contributed by atoms with Crippen LogP contribution in [-0.2, 0) is 0 Å². The van der Waals surface area contributed by atoms with Crippen molar-refractivity contribution in [2.24, 2.45) is 0 Å². The summed E-state index contributed by atoms with van der Waals surface area (Å²) < 4.78 is 0. The third-order valence-corrected chi connectivity index (χ3v) is 6.92. The zero-order valence-corrected chi connectivity index (χ0v) is 18.9. The zero-order valence-electron chi connectivity index (χ0n) is 15.7. The molecule has 0 radical (unpaired) electrons. The summed E-state index contributed by atoms with van der Waals surface area (Å²) in [6, 6.07) is 13.7. The molecule has 2 aromatic heterocycles. The van der Waals surface area contributed by atoms with E-state index in [1.54, 1.807) is 12.1 Å². The Morgan fingerprint density at radius 3 is 2.48 bits per heavy atom. The van der Waals surface area contributed by atoms with Crippen molar-refractivity contribution >= 4 is 62.5 Å². The SMILES string of the molecule is CC(C)c1ccc(Nc2nc(N)c(-c3nc(-c4ccc(Cl)cc4Cl)cs3)s2)cc1. The third-order valence-electron chi connectivity index (χ3n) is 4.39. The minimum Gasteiger partial charge on any atom is -0.382 e. The van der Waals surface area contributed by atoms with Crippen molar-refractivity contribution in [3.05, 3.63) is 63.5 Å². The molecule has 0 unspecified atom stereocenters. The molecule has 0 aliphatic carbocycles. The van der Waals surface area contributed by atoms with Crippen molar-refractivity contribution in [1.29, 1.82) is 0 Å². The Hall–Kier alpha value is -2.12. The van der Waals surface area contributed by atoms with Crippen LogP contribution in [0.4, 0.5) is 16.6 Å². The van der Waals surface area contributed by atoms with Gasteiger partial charge in [0.2, 0.25) is 0 Å². The lowest BCUT2D eigenvalue weighted by Crippen LogP contribution is -1.92. The van der Waals surface area contributed by atoms with E-state index in [9.17, 15) is 0 Å². The van der Waals surface area contributed by atoms with E-state index in [2.05, 4.69) is 48.4 Å². The quantitative estimate of drug-likeness (QED) is 0.320. The second kappa shape index (κ2) is 8.32. The van der Waals surface area contributed by atoms with Crippen LogP contribution < -0.4 is 11.1 Å². The maximum absolute atomic E-state index is 6.31. The van der Waals surface area contributed by atoms with Crippen LogP contribution in [0, 0.1) is 0 Å². The highest BCUT2D eigenvalue weighted by atomic mass is 35.5. The van der Waals surface area contributed by atoms with Gasteiger partial charge in [-0.05, 0) is 41.8 Å². The number of halogens is 2. The molecule has 0 aliphatic heterocycles. The van der Waals surface area contributed by atoms with Gasteiger partial charge < -0.3 is 11.1 Å². The molecule has 4 rings (SSSR count). The molecule has 4 aromatic rings. The summed E-state index contributed by atoms with van der Waals surface area (Å²) in [5.74, 6) is 0.957. The first-order valence-electron chi connectivity index (χ1n) is 8.95. The van der Waals surface area contributed by atoms with Crippen LogP contribution in [0.15, 0.2) is 47.8 Å². The number of anilines is 3. The molecule has 4 nitrogen and oxygen atoms in total. The normalized spacial score (nSPS) is 11.2. The summed E-state index contributed by atoms with van der Waals surface area (Å²) in [4.78, 5) is 10.0. The minimum atomic E-state index is 0.458. The van der Waals surface area contributed by atoms with E-state index >= 15 is 0 Å². The fourth-order valence-electron chi connectivity index (χ4n) is 2.81. The molecule has 0 amide bonds. The van der Waals surface area contributed by atoms with Crippen molar-refractivity contribution in [1.82, 2.24) is 9.97 Å². The van der Waals surface area contributed by atoms with E-state index in [1.807, 2.05) is 11.4 Å². The van der Waals surface area contributed by atoms with E-state index in [-0.39, 0.29) is 0 Å². The Labute approximate surface area is 187 Å².